The minimum atomic E-state index is -0.390. The second-order valence-corrected chi connectivity index (χ2v) is 6.07. The van der Waals surface area contributed by atoms with Gasteiger partial charge in [0.15, 0.2) is 0 Å². The quantitative estimate of drug-likeness (QED) is 0.457. The summed E-state index contributed by atoms with van der Waals surface area (Å²) in [5, 5.41) is 0. The normalized spacial score (nSPS) is 10.2. The third kappa shape index (κ3) is 4.76. The Morgan fingerprint density at radius 1 is 1.10 bits per heavy atom. The fourth-order valence-electron chi connectivity index (χ4n) is 1.75. The molecule has 0 saturated carbocycles. The number of halogens is 2. The molecular formula is C13H13Br2N5O. The van der Waals surface area contributed by atoms with E-state index < -0.39 is 6.03 Å². The van der Waals surface area contributed by atoms with Gasteiger partial charge in [-0.05, 0) is 24.3 Å². The average Bonchev–Trinajstić information content (AvgIpc) is 2.46. The van der Waals surface area contributed by atoms with Crippen molar-refractivity contribution in [3.05, 3.63) is 57.0 Å². The summed E-state index contributed by atoms with van der Waals surface area (Å²) in [6, 6.07) is 6.97. The predicted molar refractivity (Wildman–Crippen MR) is 85.8 cm³/mol. The van der Waals surface area contributed by atoms with Crippen molar-refractivity contribution >= 4 is 37.9 Å². The van der Waals surface area contributed by atoms with E-state index in [2.05, 4.69) is 47.3 Å². The first-order valence-electron chi connectivity index (χ1n) is 6.05. The molecule has 2 aromatic rings. The van der Waals surface area contributed by atoms with Crippen LogP contribution in [0.25, 0.3) is 0 Å². The van der Waals surface area contributed by atoms with Crippen LogP contribution < -0.4 is 11.3 Å². The summed E-state index contributed by atoms with van der Waals surface area (Å²) in [4.78, 5) is 21.9. The van der Waals surface area contributed by atoms with Gasteiger partial charge in [-0.15, -0.1) is 0 Å². The number of amides is 2. The van der Waals surface area contributed by atoms with Crippen LogP contribution in [-0.2, 0) is 13.1 Å². The largest absolute Gasteiger partial charge is 0.332 e. The molecular weight excluding hydrogens is 402 g/mol. The van der Waals surface area contributed by atoms with Gasteiger partial charge in [0.2, 0.25) is 0 Å². The highest BCUT2D eigenvalue weighted by Crippen LogP contribution is 2.14. The first-order chi connectivity index (χ1) is 10.1. The third-order valence-electron chi connectivity index (χ3n) is 2.67. The molecule has 2 aromatic heterocycles. The number of carbonyl (C=O) groups excluding carboxylic acids is 1. The molecule has 0 spiro atoms. The fraction of sp³-hybridized carbons (Fsp3) is 0.154. The minimum Gasteiger partial charge on any atom is -0.312 e. The van der Waals surface area contributed by atoms with Crippen LogP contribution in [0.1, 0.15) is 11.4 Å². The minimum absolute atomic E-state index is 0.330. The Hall–Kier alpha value is -1.51. The number of pyridine rings is 2. The molecule has 3 N–H and O–H groups in total. The Labute approximate surface area is 139 Å². The first kappa shape index (κ1) is 15.9. The lowest BCUT2D eigenvalue weighted by Crippen LogP contribution is -2.42. The molecule has 2 rings (SSSR count). The Morgan fingerprint density at radius 3 is 1.95 bits per heavy atom. The van der Waals surface area contributed by atoms with Crippen molar-refractivity contribution in [2.75, 3.05) is 0 Å². The lowest BCUT2D eigenvalue weighted by atomic mass is 10.3. The molecule has 0 atom stereocenters. The number of carbonyl (C=O) groups is 1. The molecule has 0 saturated heterocycles. The maximum atomic E-state index is 11.9. The molecule has 0 bridgehead atoms. The van der Waals surface area contributed by atoms with Crippen molar-refractivity contribution in [3.63, 3.8) is 0 Å². The molecule has 8 heteroatoms. The number of nitrogens with two attached hydrogens (primary N) is 1. The number of aromatic nitrogens is 2. The summed E-state index contributed by atoms with van der Waals surface area (Å²) in [6.07, 6.45) is 3.35. The molecule has 0 unspecified atom stereocenters. The Bertz CT molecular complexity index is 590. The van der Waals surface area contributed by atoms with Gasteiger partial charge in [-0.1, -0.05) is 31.9 Å². The van der Waals surface area contributed by atoms with E-state index in [1.165, 1.54) is 4.90 Å². The van der Waals surface area contributed by atoms with Crippen molar-refractivity contribution < 1.29 is 4.79 Å². The zero-order valence-electron chi connectivity index (χ0n) is 11.0. The molecule has 0 aliphatic carbocycles. The van der Waals surface area contributed by atoms with Crippen molar-refractivity contribution in [1.82, 2.24) is 20.3 Å². The topological polar surface area (TPSA) is 84.1 Å². The molecule has 21 heavy (non-hydrogen) atoms. The Kier molecular flexibility index (Phi) is 5.66. The van der Waals surface area contributed by atoms with Gasteiger partial charge in [-0.2, -0.15) is 0 Å². The van der Waals surface area contributed by atoms with Gasteiger partial charge in [0.1, 0.15) is 0 Å². The molecule has 0 aliphatic rings. The van der Waals surface area contributed by atoms with Crippen molar-refractivity contribution in [2.45, 2.75) is 13.1 Å². The van der Waals surface area contributed by atoms with Gasteiger partial charge in [-0.25, -0.2) is 10.6 Å². The van der Waals surface area contributed by atoms with Crippen LogP contribution in [0.15, 0.2) is 45.6 Å². The number of hydrogen-bond donors (Lipinski definition) is 2. The van der Waals surface area contributed by atoms with E-state index in [0.29, 0.717) is 13.1 Å². The number of nitrogens with one attached hydrogen (secondary N) is 1. The smallest absolute Gasteiger partial charge is 0.312 e. The number of urea groups is 1. The van der Waals surface area contributed by atoms with Gasteiger partial charge in [0.25, 0.3) is 0 Å². The van der Waals surface area contributed by atoms with Crippen LogP contribution in [-0.4, -0.2) is 20.9 Å². The number of hydrazine groups is 1. The van der Waals surface area contributed by atoms with E-state index >= 15 is 0 Å². The van der Waals surface area contributed by atoms with Gasteiger partial charge in [-0.3, -0.25) is 15.4 Å². The molecule has 0 aliphatic heterocycles. The van der Waals surface area contributed by atoms with E-state index in [9.17, 15) is 4.79 Å². The fourth-order valence-corrected chi connectivity index (χ4v) is 2.52. The van der Waals surface area contributed by atoms with Crippen LogP contribution in [0.2, 0.25) is 0 Å². The van der Waals surface area contributed by atoms with E-state index in [1.54, 1.807) is 12.4 Å². The summed E-state index contributed by atoms with van der Waals surface area (Å²) in [6.45, 7) is 0.660. The second kappa shape index (κ2) is 7.48. The predicted octanol–water partition coefficient (Wildman–Crippen LogP) is 2.59. The van der Waals surface area contributed by atoms with E-state index in [-0.39, 0.29) is 0 Å². The van der Waals surface area contributed by atoms with Crippen LogP contribution in [0.3, 0.4) is 0 Å². The SMILES string of the molecule is NNC(=O)N(Cc1cc(Br)ccn1)Cc1cc(Br)ccn1. The summed E-state index contributed by atoms with van der Waals surface area (Å²) in [7, 11) is 0. The highest BCUT2D eigenvalue weighted by Gasteiger charge is 2.15. The van der Waals surface area contributed by atoms with Gasteiger partial charge >= 0.3 is 6.03 Å². The maximum absolute atomic E-state index is 11.9. The van der Waals surface area contributed by atoms with Crippen molar-refractivity contribution in [1.29, 1.82) is 0 Å². The zero-order valence-corrected chi connectivity index (χ0v) is 14.1. The molecule has 6 nitrogen and oxygen atoms in total. The van der Waals surface area contributed by atoms with Crippen molar-refractivity contribution in [3.8, 4) is 0 Å². The van der Waals surface area contributed by atoms with Gasteiger partial charge in [0, 0.05) is 21.3 Å². The van der Waals surface area contributed by atoms with Gasteiger partial charge < -0.3 is 4.90 Å². The number of hydrogen-bond acceptors (Lipinski definition) is 4. The summed E-state index contributed by atoms with van der Waals surface area (Å²) >= 11 is 6.76. The highest BCUT2D eigenvalue weighted by molar-refractivity contribution is 9.10. The summed E-state index contributed by atoms with van der Waals surface area (Å²) < 4.78 is 1.81. The Balaban J connectivity index is 2.17. The molecule has 0 aromatic carbocycles. The van der Waals surface area contributed by atoms with Gasteiger partial charge in [0.05, 0.1) is 24.5 Å². The Morgan fingerprint density at radius 2 is 1.57 bits per heavy atom. The molecule has 2 amide bonds. The molecule has 0 radical (unpaired) electrons. The monoisotopic (exact) mass is 413 g/mol. The average molecular weight is 415 g/mol. The second-order valence-electron chi connectivity index (χ2n) is 4.24. The standard InChI is InChI=1S/C13H13Br2N5O/c14-9-1-3-17-11(5-9)7-20(13(21)19-16)8-12-6-10(15)2-4-18-12/h1-6H,7-8,16H2,(H,19,21). The molecule has 0 fully saturated rings. The van der Waals surface area contributed by atoms with E-state index in [0.717, 1.165) is 20.3 Å². The molecule has 2 heterocycles. The summed E-state index contributed by atoms with van der Waals surface area (Å²) in [5.41, 5.74) is 3.65. The van der Waals surface area contributed by atoms with Crippen LogP contribution >= 0.6 is 31.9 Å². The lowest BCUT2D eigenvalue weighted by Gasteiger charge is -2.21. The van der Waals surface area contributed by atoms with Crippen molar-refractivity contribution in [2.24, 2.45) is 5.84 Å². The number of rotatable bonds is 4. The highest BCUT2D eigenvalue weighted by atomic mass is 79.9. The van der Waals surface area contributed by atoms with E-state index in [4.69, 9.17) is 5.84 Å². The summed E-state index contributed by atoms with van der Waals surface area (Å²) in [5.74, 6) is 5.24. The third-order valence-corrected chi connectivity index (χ3v) is 3.66. The number of nitrogens with zero attached hydrogens (tertiary/aromatic N) is 3. The van der Waals surface area contributed by atoms with Crippen LogP contribution in [0.5, 0.6) is 0 Å². The van der Waals surface area contributed by atoms with E-state index in [1.807, 2.05) is 24.3 Å². The molecule has 110 valence electrons. The van der Waals surface area contributed by atoms with Crippen LogP contribution in [0, 0.1) is 0 Å². The zero-order chi connectivity index (χ0) is 15.2. The first-order valence-corrected chi connectivity index (χ1v) is 7.63. The lowest BCUT2D eigenvalue weighted by molar-refractivity contribution is 0.191. The van der Waals surface area contributed by atoms with Crippen LogP contribution in [0.4, 0.5) is 4.79 Å². The maximum Gasteiger partial charge on any atom is 0.332 e.